The highest BCUT2D eigenvalue weighted by Crippen LogP contribution is 2.36. The number of carbonyl (C=O) groups is 1. The van der Waals surface area contributed by atoms with E-state index in [0.29, 0.717) is 10.6 Å². The number of ether oxygens (including phenoxy) is 2. The highest BCUT2D eigenvalue weighted by Gasteiger charge is 2.21. The van der Waals surface area contributed by atoms with Gasteiger partial charge in [-0.05, 0) is 42.8 Å². The predicted molar refractivity (Wildman–Crippen MR) is 119 cm³/mol. The average molecular weight is 469 g/mol. The number of aromatic amines is 1. The van der Waals surface area contributed by atoms with Crippen LogP contribution >= 0.6 is 23.2 Å². The van der Waals surface area contributed by atoms with Crippen LogP contribution < -0.4 is 20.8 Å². The fourth-order valence-corrected chi connectivity index (χ4v) is 3.44. The zero-order valence-corrected chi connectivity index (χ0v) is 18.0. The van der Waals surface area contributed by atoms with Crippen molar-refractivity contribution >= 4 is 35.0 Å². The molecule has 0 radical (unpaired) electrons. The molecule has 1 heterocycles. The summed E-state index contributed by atoms with van der Waals surface area (Å²) in [6.45, 7) is 1.95. The molecule has 32 heavy (non-hydrogen) atoms. The molecule has 10 heteroatoms. The van der Waals surface area contributed by atoms with Crippen LogP contribution in [-0.2, 0) is 0 Å². The third-order valence-corrected chi connectivity index (χ3v) is 4.90. The van der Waals surface area contributed by atoms with Crippen LogP contribution in [0.1, 0.15) is 28.4 Å². The molecule has 0 saturated carbocycles. The molecule has 2 aromatic carbocycles. The monoisotopic (exact) mass is 468 g/mol. The molecule has 3 N–H and O–H groups in total. The van der Waals surface area contributed by atoms with E-state index in [-0.39, 0.29) is 51.2 Å². The molecule has 3 rings (SSSR count). The maximum atomic E-state index is 12.6. The van der Waals surface area contributed by atoms with E-state index < -0.39 is 11.5 Å². The number of halogens is 2. The van der Waals surface area contributed by atoms with Gasteiger partial charge in [-0.2, -0.15) is 10.5 Å². The van der Waals surface area contributed by atoms with Crippen molar-refractivity contribution in [1.82, 2.24) is 4.98 Å². The van der Waals surface area contributed by atoms with Crippen LogP contribution in [0.15, 0.2) is 41.2 Å². The maximum absolute atomic E-state index is 12.6. The predicted octanol–water partition coefficient (Wildman–Crippen LogP) is 4.29. The van der Waals surface area contributed by atoms with Crippen LogP contribution in [0.4, 0.5) is 5.82 Å². The molecule has 0 aliphatic carbocycles. The van der Waals surface area contributed by atoms with Crippen molar-refractivity contribution in [2.24, 2.45) is 0 Å². The number of pyridine rings is 1. The quantitative estimate of drug-likeness (QED) is 0.419. The second kappa shape index (κ2) is 9.44. The molecule has 8 nitrogen and oxygen atoms in total. The van der Waals surface area contributed by atoms with Crippen molar-refractivity contribution in [2.45, 2.75) is 6.92 Å². The Morgan fingerprint density at radius 2 is 1.81 bits per heavy atom. The zero-order chi connectivity index (χ0) is 23.4. The van der Waals surface area contributed by atoms with Gasteiger partial charge in [0.2, 0.25) is 0 Å². The van der Waals surface area contributed by atoms with E-state index in [1.165, 1.54) is 36.4 Å². The van der Waals surface area contributed by atoms with Gasteiger partial charge < -0.3 is 20.2 Å². The summed E-state index contributed by atoms with van der Waals surface area (Å²) in [6, 6.07) is 12.4. The molecule has 0 atom stereocenters. The second-order valence-corrected chi connectivity index (χ2v) is 7.17. The number of nitrogen functional groups attached to an aromatic ring is 1. The number of nitrogens with one attached hydrogen (secondary N) is 1. The van der Waals surface area contributed by atoms with Crippen LogP contribution in [0.3, 0.4) is 0 Å². The zero-order valence-electron chi connectivity index (χ0n) is 16.5. The number of aromatic nitrogens is 1. The first-order chi connectivity index (χ1) is 15.3. The largest absolute Gasteiger partial charge is 0.490 e. The Hall–Kier alpha value is -3.98. The van der Waals surface area contributed by atoms with Crippen molar-refractivity contribution in [3.8, 4) is 34.8 Å². The smallest absolute Gasteiger partial charge is 0.345 e. The Labute approximate surface area is 192 Å². The highest BCUT2D eigenvalue weighted by molar-refractivity contribution is 6.36. The minimum atomic E-state index is -0.740. The lowest BCUT2D eigenvalue weighted by molar-refractivity contribution is 0.0728. The molecular formula is C22H14Cl2N4O4. The SMILES string of the molecule is CCOc1cc(-c2c(C#N)c(N)[nH]c(=O)c2C#N)ccc1OC(=O)c1ccc(Cl)cc1Cl. The highest BCUT2D eigenvalue weighted by atomic mass is 35.5. The van der Waals surface area contributed by atoms with E-state index in [9.17, 15) is 20.1 Å². The first kappa shape index (κ1) is 22.7. The number of hydrogen-bond donors (Lipinski definition) is 2. The molecule has 0 fully saturated rings. The number of anilines is 1. The van der Waals surface area contributed by atoms with Gasteiger partial charge in [-0.15, -0.1) is 0 Å². The number of H-pyrrole nitrogens is 1. The Morgan fingerprint density at radius 3 is 2.44 bits per heavy atom. The molecule has 0 saturated heterocycles. The summed E-state index contributed by atoms with van der Waals surface area (Å²) in [5.74, 6) is -0.690. The number of benzene rings is 2. The fourth-order valence-electron chi connectivity index (χ4n) is 2.96. The molecule has 0 unspecified atom stereocenters. The molecule has 0 spiro atoms. The number of nitrogens with zero attached hydrogens (tertiary/aromatic N) is 2. The van der Waals surface area contributed by atoms with Gasteiger partial charge in [0.25, 0.3) is 5.56 Å². The number of hydrogen-bond acceptors (Lipinski definition) is 7. The van der Waals surface area contributed by atoms with E-state index in [2.05, 4.69) is 4.98 Å². The third kappa shape index (κ3) is 4.37. The summed E-state index contributed by atoms with van der Waals surface area (Å²) in [6.07, 6.45) is 0. The first-order valence-corrected chi connectivity index (χ1v) is 9.86. The molecule has 0 bridgehead atoms. The molecule has 0 aliphatic rings. The molecular weight excluding hydrogens is 455 g/mol. The first-order valence-electron chi connectivity index (χ1n) is 9.11. The van der Waals surface area contributed by atoms with Crippen molar-refractivity contribution in [3.63, 3.8) is 0 Å². The van der Waals surface area contributed by atoms with Crippen LogP contribution in [0.5, 0.6) is 11.5 Å². The van der Waals surface area contributed by atoms with E-state index in [4.69, 9.17) is 38.4 Å². The number of esters is 1. The summed E-state index contributed by atoms with van der Waals surface area (Å²) in [5, 5.41) is 19.4. The van der Waals surface area contributed by atoms with Gasteiger partial charge in [0.1, 0.15) is 29.1 Å². The summed E-state index contributed by atoms with van der Waals surface area (Å²) < 4.78 is 11.0. The Kier molecular flexibility index (Phi) is 6.70. The van der Waals surface area contributed by atoms with E-state index in [0.717, 1.165) is 0 Å². The third-order valence-electron chi connectivity index (χ3n) is 4.35. The number of nitrogens with two attached hydrogens (primary N) is 1. The second-order valence-electron chi connectivity index (χ2n) is 6.32. The molecule has 1 aromatic heterocycles. The van der Waals surface area contributed by atoms with Crippen LogP contribution in [0.25, 0.3) is 11.1 Å². The van der Waals surface area contributed by atoms with Crippen LogP contribution in [0.2, 0.25) is 10.0 Å². The van der Waals surface area contributed by atoms with E-state index in [1.807, 2.05) is 6.07 Å². The van der Waals surface area contributed by atoms with Gasteiger partial charge in [0.05, 0.1) is 17.2 Å². The Balaban J connectivity index is 2.10. The molecule has 160 valence electrons. The van der Waals surface area contributed by atoms with Gasteiger partial charge in [0, 0.05) is 10.6 Å². The lowest BCUT2D eigenvalue weighted by atomic mass is 9.96. The van der Waals surface area contributed by atoms with Crippen molar-refractivity contribution in [1.29, 1.82) is 10.5 Å². The van der Waals surface area contributed by atoms with Gasteiger partial charge in [-0.25, -0.2) is 4.79 Å². The fraction of sp³-hybridized carbons (Fsp3) is 0.0909. The molecule has 0 amide bonds. The Morgan fingerprint density at radius 1 is 1.09 bits per heavy atom. The average Bonchev–Trinajstić information content (AvgIpc) is 2.74. The van der Waals surface area contributed by atoms with Crippen LogP contribution in [-0.4, -0.2) is 17.6 Å². The van der Waals surface area contributed by atoms with Gasteiger partial charge in [0.15, 0.2) is 11.5 Å². The number of rotatable bonds is 5. The Bertz CT molecular complexity index is 1370. The van der Waals surface area contributed by atoms with Gasteiger partial charge in [-0.1, -0.05) is 29.3 Å². The van der Waals surface area contributed by atoms with Gasteiger partial charge >= 0.3 is 5.97 Å². The van der Waals surface area contributed by atoms with E-state index in [1.54, 1.807) is 13.0 Å². The standard InChI is InChI=1S/C22H14Cl2N4O4/c1-2-31-18-7-11(19-14(9-25)20(27)28-21(29)15(19)10-26)3-6-17(18)32-22(30)13-5-4-12(23)8-16(13)24/h3-8H,2H2,1H3,(H3,27,28,29). The molecule has 3 aromatic rings. The van der Waals surface area contributed by atoms with E-state index >= 15 is 0 Å². The van der Waals surface area contributed by atoms with Crippen molar-refractivity contribution < 1.29 is 14.3 Å². The lowest BCUT2D eigenvalue weighted by Gasteiger charge is -2.14. The van der Waals surface area contributed by atoms with Crippen molar-refractivity contribution in [3.05, 3.63) is 73.5 Å². The normalized spacial score (nSPS) is 10.2. The molecule has 0 aliphatic heterocycles. The summed E-state index contributed by atoms with van der Waals surface area (Å²) in [4.78, 5) is 27.1. The van der Waals surface area contributed by atoms with Gasteiger partial charge in [-0.3, -0.25) is 4.79 Å². The van der Waals surface area contributed by atoms with Crippen LogP contribution in [0, 0.1) is 22.7 Å². The summed E-state index contributed by atoms with van der Waals surface area (Å²) in [5.41, 5.74) is 5.15. The number of carbonyl (C=O) groups excluding carboxylic acids is 1. The number of nitriles is 2. The maximum Gasteiger partial charge on any atom is 0.345 e. The summed E-state index contributed by atoms with van der Waals surface area (Å²) >= 11 is 11.9. The van der Waals surface area contributed by atoms with Crippen molar-refractivity contribution in [2.75, 3.05) is 12.3 Å². The summed E-state index contributed by atoms with van der Waals surface area (Å²) in [7, 11) is 0. The minimum Gasteiger partial charge on any atom is -0.490 e. The topological polar surface area (TPSA) is 142 Å². The lowest BCUT2D eigenvalue weighted by Crippen LogP contribution is -2.16. The minimum absolute atomic E-state index is 0.0517.